The molecule has 100 valence electrons. The molecule has 0 saturated heterocycles. The highest BCUT2D eigenvalue weighted by Gasteiger charge is 2.20. The fourth-order valence-electron chi connectivity index (χ4n) is 1.96. The van der Waals surface area contributed by atoms with Crippen molar-refractivity contribution >= 4 is 0 Å². The Kier molecular flexibility index (Phi) is 4.24. The molecule has 0 saturated carbocycles. The number of aliphatic hydroxyl groups excluding tert-OH is 1. The zero-order valence-corrected chi connectivity index (χ0v) is 10.3. The maximum absolute atomic E-state index is 13.6. The van der Waals surface area contributed by atoms with E-state index < -0.39 is 23.8 Å². The molecular weight excluding hydrogens is 248 g/mol. The maximum Gasteiger partial charge on any atom is 0.128 e. The average Bonchev–Trinajstić information content (AvgIpc) is 2.42. The minimum absolute atomic E-state index is 0.0107. The molecule has 2 atom stereocenters. The van der Waals surface area contributed by atoms with Crippen LogP contribution in [0.3, 0.4) is 0 Å². The van der Waals surface area contributed by atoms with Gasteiger partial charge in [0, 0.05) is 12.0 Å². The fourth-order valence-corrected chi connectivity index (χ4v) is 1.96. The molecule has 0 aromatic heterocycles. The summed E-state index contributed by atoms with van der Waals surface area (Å²) in [7, 11) is 0. The van der Waals surface area contributed by atoms with E-state index in [0.29, 0.717) is 0 Å². The van der Waals surface area contributed by atoms with Crippen LogP contribution in [0.2, 0.25) is 0 Å². The van der Waals surface area contributed by atoms with Crippen LogP contribution in [0.4, 0.5) is 8.78 Å². The second kappa shape index (κ2) is 5.91. The van der Waals surface area contributed by atoms with Crippen LogP contribution >= 0.6 is 0 Å². The Morgan fingerprint density at radius 3 is 2.42 bits per heavy atom. The van der Waals surface area contributed by atoms with E-state index in [0.717, 1.165) is 23.8 Å². The Labute approximate surface area is 110 Å². The molecular formula is C15H15F2NO. The van der Waals surface area contributed by atoms with E-state index in [1.54, 1.807) is 0 Å². The number of benzene rings is 2. The first-order valence-electron chi connectivity index (χ1n) is 6.00. The van der Waals surface area contributed by atoms with Gasteiger partial charge in [0.1, 0.15) is 11.6 Å². The van der Waals surface area contributed by atoms with Gasteiger partial charge in [0.15, 0.2) is 0 Å². The Morgan fingerprint density at radius 2 is 1.74 bits per heavy atom. The number of hydrogen-bond donors (Lipinski definition) is 2. The minimum atomic E-state index is -0.973. The lowest BCUT2D eigenvalue weighted by Gasteiger charge is -2.20. The van der Waals surface area contributed by atoms with Crippen molar-refractivity contribution in [2.45, 2.75) is 18.6 Å². The van der Waals surface area contributed by atoms with E-state index in [9.17, 15) is 13.9 Å². The normalized spacial score (nSPS) is 14.1. The van der Waals surface area contributed by atoms with Gasteiger partial charge in [-0.3, -0.25) is 0 Å². The van der Waals surface area contributed by atoms with Gasteiger partial charge in [-0.1, -0.05) is 30.3 Å². The molecule has 19 heavy (non-hydrogen) atoms. The van der Waals surface area contributed by atoms with E-state index >= 15 is 0 Å². The van der Waals surface area contributed by atoms with Crippen LogP contribution in [-0.2, 0) is 6.42 Å². The molecule has 0 aliphatic rings. The largest absolute Gasteiger partial charge is 0.391 e. The topological polar surface area (TPSA) is 46.2 Å². The van der Waals surface area contributed by atoms with Crippen molar-refractivity contribution in [3.05, 3.63) is 71.3 Å². The van der Waals surface area contributed by atoms with Gasteiger partial charge in [-0.15, -0.1) is 0 Å². The predicted octanol–water partition coefficient (Wildman–Crippen LogP) is 2.57. The molecule has 0 heterocycles. The zero-order chi connectivity index (χ0) is 13.8. The van der Waals surface area contributed by atoms with Crippen molar-refractivity contribution in [3.8, 4) is 0 Å². The van der Waals surface area contributed by atoms with Crippen LogP contribution in [0.25, 0.3) is 0 Å². The highest BCUT2D eigenvalue weighted by molar-refractivity contribution is 5.24. The van der Waals surface area contributed by atoms with Crippen molar-refractivity contribution in [1.29, 1.82) is 0 Å². The van der Waals surface area contributed by atoms with Crippen molar-refractivity contribution in [2.24, 2.45) is 5.73 Å². The molecule has 0 aliphatic carbocycles. The van der Waals surface area contributed by atoms with E-state index in [1.165, 1.54) is 0 Å². The molecule has 0 radical (unpaired) electrons. The number of hydrogen-bond acceptors (Lipinski definition) is 2. The standard InChI is InChI=1S/C15H15F2NO/c16-11-6-7-13(17)12(9-11)15(18)14(19)8-10-4-2-1-3-5-10/h1-7,9,14-15,19H,8,18H2/t14-,15+/m1/s1. The lowest BCUT2D eigenvalue weighted by Crippen LogP contribution is -2.29. The predicted molar refractivity (Wildman–Crippen MR) is 69.4 cm³/mol. The van der Waals surface area contributed by atoms with Gasteiger partial charge < -0.3 is 10.8 Å². The quantitative estimate of drug-likeness (QED) is 0.890. The van der Waals surface area contributed by atoms with Gasteiger partial charge in [0.25, 0.3) is 0 Å². The summed E-state index contributed by atoms with van der Waals surface area (Å²) < 4.78 is 26.7. The first-order chi connectivity index (χ1) is 9.08. The summed E-state index contributed by atoms with van der Waals surface area (Å²) in [5.41, 5.74) is 6.68. The number of rotatable bonds is 4. The molecule has 0 fully saturated rings. The summed E-state index contributed by atoms with van der Waals surface area (Å²) in [4.78, 5) is 0. The second-order valence-electron chi connectivity index (χ2n) is 4.45. The average molecular weight is 263 g/mol. The Balaban J connectivity index is 2.14. The lowest BCUT2D eigenvalue weighted by atomic mass is 9.96. The number of aliphatic hydroxyl groups is 1. The molecule has 2 aromatic carbocycles. The summed E-state index contributed by atoms with van der Waals surface area (Å²) in [5, 5.41) is 10.0. The Morgan fingerprint density at radius 1 is 1.05 bits per heavy atom. The summed E-state index contributed by atoms with van der Waals surface area (Å²) in [5.74, 6) is -1.18. The Bertz CT molecular complexity index is 545. The minimum Gasteiger partial charge on any atom is -0.391 e. The molecule has 0 aliphatic heterocycles. The van der Waals surface area contributed by atoms with Crippen LogP contribution < -0.4 is 5.73 Å². The van der Waals surface area contributed by atoms with Crippen molar-refractivity contribution in [2.75, 3.05) is 0 Å². The van der Waals surface area contributed by atoms with Gasteiger partial charge >= 0.3 is 0 Å². The molecule has 2 rings (SSSR count). The molecule has 2 aromatic rings. The third kappa shape index (κ3) is 3.36. The molecule has 0 amide bonds. The molecule has 0 spiro atoms. The van der Waals surface area contributed by atoms with Crippen LogP contribution in [0.15, 0.2) is 48.5 Å². The van der Waals surface area contributed by atoms with Gasteiger partial charge in [0.2, 0.25) is 0 Å². The Hall–Kier alpha value is -1.78. The number of nitrogens with two attached hydrogens (primary N) is 1. The molecule has 3 N–H and O–H groups in total. The first-order valence-corrected chi connectivity index (χ1v) is 6.00. The van der Waals surface area contributed by atoms with Crippen LogP contribution in [0.1, 0.15) is 17.2 Å². The fraction of sp³-hybridized carbons (Fsp3) is 0.200. The first kappa shape index (κ1) is 13.6. The van der Waals surface area contributed by atoms with Crippen molar-refractivity contribution in [3.63, 3.8) is 0 Å². The van der Waals surface area contributed by atoms with Crippen LogP contribution in [0, 0.1) is 11.6 Å². The lowest BCUT2D eigenvalue weighted by molar-refractivity contribution is 0.143. The van der Waals surface area contributed by atoms with Crippen LogP contribution in [0.5, 0.6) is 0 Å². The number of halogens is 2. The van der Waals surface area contributed by atoms with E-state index in [1.807, 2.05) is 30.3 Å². The summed E-state index contributed by atoms with van der Waals surface area (Å²) in [6.07, 6.45) is -0.684. The SMILES string of the molecule is N[C@@H](c1cc(F)ccc1F)[C@H](O)Cc1ccccc1. The third-order valence-corrected chi connectivity index (χ3v) is 3.02. The summed E-state index contributed by atoms with van der Waals surface area (Å²) >= 11 is 0. The van der Waals surface area contributed by atoms with E-state index in [2.05, 4.69) is 0 Å². The molecule has 0 unspecified atom stereocenters. The van der Waals surface area contributed by atoms with E-state index in [4.69, 9.17) is 5.73 Å². The monoisotopic (exact) mass is 263 g/mol. The van der Waals surface area contributed by atoms with Crippen molar-refractivity contribution < 1.29 is 13.9 Å². The second-order valence-corrected chi connectivity index (χ2v) is 4.45. The van der Waals surface area contributed by atoms with Crippen molar-refractivity contribution in [1.82, 2.24) is 0 Å². The van der Waals surface area contributed by atoms with Gasteiger partial charge in [0.05, 0.1) is 12.1 Å². The van der Waals surface area contributed by atoms with Gasteiger partial charge in [-0.25, -0.2) is 8.78 Å². The molecule has 2 nitrogen and oxygen atoms in total. The maximum atomic E-state index is 13.6. The third-order valence-electron chi connectivity index (χ3n) is 3.02. The summed E-state index contributed by atoms with van der Waals surface area (Å²) in [6, 6.07) is 11.3. The molecule has 0 bridgehead atoms. The van der Waals surface area contributed by atoms with E-state index in [-0.39, 0.29) is 12.0 Å². The smallest absolute Gasteiger partial charge is 0.128 e. The van der Waals surface area contributed by atoms with Gasteiger partial charge in [-0.05, 0) is 23.8 Å². The van der Waals surface area contributed by atoms with Gasteiger partial charge in [-0.2, -0.15) is 0 Å². The molecule has 4 heteroatoms. The zero-order valence-electron chi connectivity index (χ0n) is 10.3. The highest BCUT2D eigenvalue weighted by atomic mass is 19.1. The highest BCUT2D eigenvalue weighted by Crippen LogP contribution is 2.21. The summed E-state index contributed by atoms with van der Waals surface area (Å²) in [6.45, 7) is 0. The van der Waals surface area contributed by atoms with Crippen LogP contribution in [-0.4, -0.2) is 11.2 Å².